The zero-order valence-corrected chi connectivity index (χ0v) is 6.16. The van der Waals surface area contributed by atoms with Crippen molar-refractivity contribution in [2.24, 2.45) is 0 Å². The summed E-state index contributed by atoms with van der Waals surface area (Å²) in [5, 5.41) is 0. The first-order chi connectivity index (χ1) is 5.56. The molecule has 0 amide bonds. The van der Waals surface area contributed by atoms with Crippen LogP contribution in [0.25, 0.3) is 0 Å². The molecule has 0 atom stereocenters. The fourth-order valence-electron chi connectivity index (χ4n) is 0.407. The van der Waals surface area contributed by atoms with Gasteiger partial charge in [0.1, 0.15) is 9.84 Å². The summed E-state index contributed by atoms with van der Waals surface area (Å²) < 4.78 is 40.8. The SMILES string of the molecule is CCCCS(C)(=O)=O.[2HH].[2H][2H].[2H][2H]. The van der Waals surface area contributed by atoms with Gasteiger partial charge >= 0.3 is 0 Å². The predicted octanol–water partition coefficient (Wildman–Crippen LogP) is 1.57. The maximum Gasteiger partial charge on any atom is 0.147 e. The van der Waals surface area contributed by atoms with E-state index in [1.54, 1.807) is 0 Å². The summed E-state index contributed by atoms with van der Waals surface area (Å²) >= 11 is 0. The Bertz CT molecular complexity index is 147. The van der Waals surface area contributed by atoms with Gasteiger partial charge in [-0.25, -0.2) is 8.42 Å². The van der Waals surface area contributed by atoms with Crippen molar-refractivity contribution in [1.29, 1.82) is 0 Å². The van der Waals surface area contributed by atoms with E-state index in [1.165, 1.54) is 6.26 Å². The molecule has 0 N–H and O–H groups in total. The summed E-state index contributed by atoms with van der Waals surface area (Å²) in [5.41, 5.74) is 0. The van der Waals surface area contributed by atoms with Crippen LogP contribution in [-0.2, 0) is 9.84 Å². The van der Waals surface area contributed by atoms with Gasteiger partial charge in [-0.15, -0.1) is 0 Å². The lowest BCUT2D eigenvalue weighted by Crippen LogP contribution is -2.01. The Morgan fingerprint density at radius 3 is 2.25 bits per heavy atom. The lowest BCUT2D eigenvalue weighted by molar-refractivity contribution is 0.598. The van der Waals surface area contributed by atoms with Crippen LogP contribution >= 0.6 is 0 Å². The summed E-state index contributed by atoms with van der Waals surface area (Å²) in [5.74, 6) is 0.337. The van der Waals surface area contributed by atoms with Gasteiger partial charge in [-0.1, -0.05) is 13.3 Å². The van der Waals surface area contributed by atoms with E-state index in [9.17, 15) is 8.42 Å². The van der Waals surface area contributed by atoms with Crippen LogP contribution in [0.4, 0.5) is 0 Å². The maximum absolute atomic E-state index is 10.4. The summed E-state index contributed by atoms with van der Waals surface area (Å²) in [6, 6.07) is 0. The smallest absolute Gasteiger partial charge is 0.147 e. The fraction of sp³-hybridized carbons (Fsp3) is 1.00. The fourth-order valence-corrected chi connectivity index (χ4v) is 1.22. The maximum atomic E-state index is 10.4. The molecule has 0 aliphatic carbocycles. The second kappa shape index (κ2) is 3.07. The molecule has 0 aromatic carbocycles. The quantitative estimate of drug-likeness (QED) is 0.607. The summed E-state index contributed by atoms with van der Waals surface area (Å²) in [6.45, 7) is 1.98. The first kappa shape index (κ1) is 4.79. The van der Waals surface area contributed by atoms with E-state index in [0.29, 0.717) is 5.75 Å². The van der Waals surface area contributed by atoms with Crippen LogP contribution in [0.1, 0.15) is 27.1 Å². The molecular weight excluding hydrogens is 124 g/mol. The number of unbranched alkanes of at least 4 members (excludes halogenated alkanes) is 1. The predicted molar refractivity (Wildman–Crippen MR) is 41.0 cm³/mol. The third-order valence-electron chi connectivity index (χ3n) is 0.869. The summed E-state index contributed by atoms with van der Waals surface area (Å²) in [4.78, 5) is 0. The van der Waals surface area contributed by atoms with Crippen LogP contribution in [0.5, 0.6) is 0 Å². The molecule has 0 bridgehead atoms. The van der Waals surface area contributed by atoms with Crippen molar-refractivity contribution in [3.05, 3.63) is 0 Å². The van der Waals surface area contributed by atoms with Gasteiger partial charge in [0.05, 0.1) is 0 Å². The van der Waals surface area contributed by atoms with Gasteiger partial charge in [-0.2, -0.15) is 0 Å². The molecule has 0 spiro atoms. The average molecular weight is 147 g/mol. The lowest BCUT2D eigenvalue weighted by Gasteiger charge is -1.91. The van der Waals surface area contributed by atoms with Crippen molar-refractivity contribution in [2.45, 2.75) is 19.8 Å². The average Bonchev–Trinajstić information content (AvgIpc) is 2.07. The van der Waals surface area contributed by atoms with E-state index in [-0.39, 0.29) is 1.43 Å². The highest BCUT2D eigenvalue weighted by atomic mass is 32.2. The van der Waals surface area contributed by atoms with Gasteiger partial charge in [-0.3, -0.25) is 0 Å². The topological polar surface area (TPSA) is 34.1 Å². The Morgan fingerprint density at radius 2 is 2.12 bits per heavy atom. The number of sulfone groups is 1. The molecule has 0 aliphatic rings. The first-order valence-electron chi connectivity index (χ1n) is 4.74. The molecule has 0 aromatic heterocycles. The van der Waals surface area contributed by atoms with Gasteiger partial charge in [-0.05, 0) is 6.42 Å². The standard InChI is InChI=1S/C5H12O2S.3H2/c1-3-4-5-8(2,6)7;;;/h3-5H2,1-2H3;3*1H/i;2*1+1D;1+1. The molecule has 3 heteroatoms. The molecule has 0 radical (unpaired) electrons. The molecule has 8 heavy (non-hydrogen) atoms. The van der Waals surface area contributed by atoms with E-state index in [2.05, 4.69) is 0 Å². The molecular formula is C5H18O2S. The normalized spacial score (nSPS) is 13.8. The van der Waals surface area contributed by atoms with Crippen LogP contribution in [-0.4, -0.2) is 20.4 Å². The Labute approximate surface area is 58.5 Å². The van der Waals surface area contributed by atoms with Gasteiger partial charge in [0.15, 0.2) is 0 Å². The second-order valence-electron chi connectivity index (χ2n) is 1.98. The molecule has 0 aliphatic heterocycles. The molecule has 0 rings (SSSR count). The number of hydrogen-bond donors (Lipinski definition) is 0. The highest BCUT2D eigenvalue weighted by Crippen LogP contribution is 1.91. The number of rotatable bonds is 3. The van der Waals surface area contributed by atoms with Gasteiger partial charge < -0.3 is 0 Å². The Kier molecular flexibility index (Phi) is 1.84. The molecule has 0 saturated heterocycles. The second-order valence-corrected chi connectivity index (χ2v) is 4.24. The van der Waals surface area contributed by atoms with Crippen molar-refractivity contribution >= 4 is 9.84 Å². The van der Waals surface area contributed by atoms with Crippen LogP contribution in [0.2, 0.25) is 0 Å². The molecule has 0 fully saturated rings. The third-order valence-corrected chi connectivity index (χ3v) is 1.90. The molecule has 0 saturated carbocycles. The van der Waals surface area contributed by atoms with Crippen molar-refractivity contribution in [3.63, 3.8) is 0 Å². The lowest BCUT2D eigenvalue weighted by atomic mass is 10.4. The van der Waals surface area contributed by atoms with E-state index < -0.39 is 9.84 Å². The van der Waals surface area contributed by atoms with E-state index in [1.807, 2.05) is 6.92 Å². The monoisotopic (exact) mass is 147 g/mol. The highest BCUT2D eigenvalue weighted by molar-refractivity contribution is 7.90. The number of hydrogen-bond acceptors (Lipinski definition) is 2. The molecule has 56 valence electrons. The Balaban J connectivity index is -0.0000000712. The van der Waals surface area contributed by atoms with Gasteiger partial charge in [0.25, 0.3) is 0 Å². The van der Waals surface area contributed by atoms with Crippen molar-refractivity contribution in [1.82, 2.24) is 0 Å². The molecule has 0 heterocycles. The van der Waals surface area contributed by atoms with Crippen LogP contribution < -0.4 is 0 Å². The van der Waals surface area contributed by atoms with Crippen LogP contribution in [0.15, 0.2) is 0 Å². The summed E-state index contributed by atoms with van der Waals surface area (Å²) in [7, 11) is -2.69. The minimum absolute atomic E-state index is 0. The van der Waals surface area contributed by atoms with Gasteiger partial charge in [0.2, 0.25) is 0 Å². The van der Waals surface area contributed by atoms with Crippen molar-refractivity contribution in [3.8, 4) is 0 Å². The Hall–Kier alpha value is -0.0500. The minimum atomic E-state index is -2.69. The minimum Gasteiger partial charge on any atom is -0.229 e. The first-order valence-corrected chi connectivity index (χ1v) is 4.80. The third kappa shape index (κ3) is 5.95. The zero-order chi connectivity index (χ0) is 10.6. The van der Waals surface area contributed by atoms with Crippen molar-refractivity contribution in [2.75, 3.05) is 12.0 Å². The largest absolute Gasteiger partial charge is 0.229 e. The molecule has 0 unspecified atom stereocenters. The van der Waals surface area contributed by atoms with Crippen molar-refractivity contribution < 1.29 is 15.8 Å². The van der Waals surface area contributed by atoms with Crippen LogP contribution in [0.3, 0.4) is 0 Å². The Morgan fingerprint density at radius 1 is 1.62 bits per heavy atom. The van der Waals surface area contributed by atoms with E-state index in [0.717, 1.165) is 12.8 Å². The highest BCUT2D eigenvalue weighted by Gasteiger charge is 1.97. The van der Waals surface area contributed by atoms with E-state index >= 15 is 0 Å². The van der Waals surface area contributed by atoms with Crippen LogP contribution in [0, 0.1) is 0 Å². The zero-order valence-electron chi connectivity index (χ0n) is 9.35. The van der Waals surface area contributed by atoms with E-state index in [4.69, 9.17) is 5.94 Å². The molecule has 2 nitrogen and oxygen atoms in total. The molecule has 0 aromatic rings. The van der Waals surface area contributed by atoms with Gasteiger partial charge in [0, 0.05) is 19.4 Å². The summed E-state index contributed by atoms with van der Waals surface area (Å²) in [6.07, 6.45) is 3.01.